The summed E-state index contributed by atoms with van der Waals surface area (Å²) in [6, 6.07) is 10.2. The fraction of sp³-hybridized carbons (Fsp3) is 0.375. The van der Waals surface area contributed by atoms with Crippen molar-refractivity contribution in [1.82, 2.24) is 14.9 Å². The number of nitrogens with zero attached hydrogens (tertiary/aromatic N) is 2. The molecule has 33 heavy (non-hydrogen) atoms. The number of amides is 1. The Morgan fingerprint density at radius 2 is 1.91 bits per heavy atom. The number of benzene rings is 2. The van der Waals surface area contributed by atoms with Crippen molar-refractivity contribution < 1.29 is 14.3 Å². The van der Waals surface area contributed by atoms with Crippen molar-refractivity contribution in [3.63, 3.8) is 0 Å². The topological polar surface area (TPSA) is 82.5 Å². The SMILES string of the molecule is COc1ccc(OC)c(C(C)NC(=O)CSc2nc3ccc(Cl)cc3c(=O)n2CC(C)C)c1. The van der Waals surface area contributed by atoms with Crippen LogP contribution >= 0.6 is 23.4 Å². The molecule has 0 bridgehead atoms. The maximum atomic E-state index is 13.1. The summed E-state index contributed by atoms with van der Waals surface area (Å²) in [5, 5.41) is 4.44. The number of halogens is 1. The lowest BCUT2D eigenvalue weighted by Crippen LogP contribution is -2.29. The number of thioether (sulfide) groups is 1. The minimum Gasteiger partial charge on any atom is -0.497 e. The molecule has 0 aliphatic carbocycles. The van der Waals surface area contributed by atoms with Crippen LogP contribution in [0.1, 0.15) is 32.4 Å². The Kier molecular flexibility index (Phi) is 8.26. The summed E-state index contributed by atoms with van der Waals surface area (Å²) >= 11 is 7.32. The van der Waals surface area contributed by atoms with Gasteiger partial charge in [-0.25, -0.2) is 4.98 Å². The molecule has 176 valence electrons. The molecule has 2 aromatic carbocycles. The predicted octanol–water partition coefficient (Wildman–Crippen LogP) is 4.69. The Morgan fingerprint density at radius 1 is 1.15 bits per heavy atom. The fourth-order valence-corrected chi connectivity index (χ4v) is 4.47. The van der Waals surface area contributed by atoms with Crippen molar-refractivity contribution in [2.75, 3.05) is 20.0 Å². The number of carbonyl (C=O) groups is 1. The highest BCUT2D eigenvalue weighted by atomic mass is 35.5. The van der Waals surface area contributed by atoms with E-state index in [1.54, 1.807) is 49.1 Å². The van der Waals surface area contributed by atoms with Gasteiger partial charge < -0.3 is 14.8 Å². The van der Waals surface area contributed by atoms with Gasteiger partial charge in [0.1, 0.15) is 11.5 Å². The molecule has 0 aliphatic rings. The van der Waals surface area contributed by atoms with Crippen LogP contribution in [0.3, 0.4) is 0 Å². The van der Waals surface area contributed by atoms with Crippen molar-refractivity contribution in [1.29, 1.82) is 0 Å². The number of carbonyl (C=O) groups excluding carboxylic acids is 1. The van der Waals surface area contributed by atoms with E-state index in [0.29, 0.717) is 39.1 Å². The number of aromatic nitrogens is 2. The van der Waals surface area contributed by atoms with Crippen molar-refractivity contribution in [3.8, 4) is 11.5 Å². The van der Waals surface area contributed by atoms with Crippen LogP contribution in [0.4, 0.5) is 0 Å². The van der Waals surface area contributed by atoms with Gasteiger partial charge in [-0.15, -0.1) is 0 Å². The van der Waals surface area contributed by atoms with Crippen molar-refractivity contribution in [2.24, 2.45) is 5.92 Å². The summed E-state index contributed by atoms with van der Waals surface area (Å²) in [7, 11) is 3.18. The summed E-state index contributed by atoms with van der Waals surface area (Å²) in [6.45, 7) is 6.43. The summed E-state index contributed by atoms with van der Waals surface area (Å²) < 4.78 is 12.3. The fourth-order valence-electron chi connectivity index (χ4n) is 3.48. The van der Waals surface area contributed by atoms with Crippen molar-refractivity contribution >= 4 is 40.2 Å². The molecule has 1 N–H and O–H groups in total. The molecule has 0 fully saturated rings. The molecule has 0 saturated heterocycles. The molecule has 3 rings (SSSR count). The van der Waals surface area contributed by atoms with E-state index in [9.17, 15) is 9.59 Å². The smallest absolute Gasteiger partial charge is 0.262 e. The third-order valence-corrected chi connectivity index (χ3v) is 6.25. The average Bonchev–Trinajstić information content (AvgIpc) is 2.79. The number of nitrogens with one attached hydrogen (secondary N) is 1. The van der Waals surface area contributed by atoms with E-state index >= 15 is 0 Å². The zero-order chi connectivity index (χ0) is 24.1. The lowest BCUT2D eigenvalue weighted by atomic mass is 10.1. The minimum absolute atomic E-state index is 0.111. The Labute approximate surface area is 202 Å². The van der Waals surface area contributed by atoms with Crippen LogP contribution in [0.15, 0.2) is 46.3 Å². The molecular formula is C24H28ClN3O4S. The Bertz CT molecular complexity index is 1210. The maximum Gasteiger partial charge on any atom is 0.262 e. The van der Waals surface area contributed by atoms with Gasteiger partial charge in [-0.2, -0.15) is 0 Å². The summed E-state index contributed by atoms with van der Waals surface area (Å²) in [5.74, 6) is 1.50. The van der Waals surface area contributed by atoms with E-state index in [1.165, 1.54) is 11.8 Å². The number of fused-ring (bicyclic) bond motifs is 1. The first-order chi connectivity index (χ1) is 15.7. The number of rotatable bonds is 9. The van der Waals surface area contributed by atoms with Crippen molar-refractivity contribution in [2.45, 2.75) is 38.5 Å². The minimum atomic E-state index is -0.298. The molecular weight excluding hydrogens is 462 g/mol. The van der Waals surface area contributed by atoms with Gasteiger partial charge in [-0.3, -0.25) is 14.2 Å². The second-order valence-corrected chi connectivity index (χ2v) is 9.43. The van der Waals surface area contributed by atoms with Gasteiger partial charge in [0, 0.05) is 17.1 Å². The van der Waals surface area contributed by atoms with Crippen LogP contribution in [0.5, 0.6) is 11.5 Å². The highest BCUT2D eigenvalue weighted by molar-refractivity contribution is 7.99. The molecule has 0 spiro atoms. The largest absolute Gasteiger partial charge is 0.497 e. The second-order valence-electron chi connectivity index (χ2n) is 8.05. The lowest BCUT2D eigenvalue weighted by Gasteiger charge is -2.19. The third kappa shape index (κ3) is 6.00. The maximum absolute atomic E-state index is 13.1. The van der Waals surface area contributed by atoms with Crippen LogP contribution in [0.2, 0.25) is 5.02 Å². The van der Waals surface area contributed by atoms with E-state index in [-0.39, 0.29) is 29.2 Å². The van der Waals surface area contributed by atoms with Crippen LogP contribution in [0, 0.1) is 5.92 Å². The molecule has 1 aromatic heterocycles. The zero-order valence-electron chi connectivity index (χ0n) is 19.3. The second kappa shape index (κ2) is 10.9. The Morgan fingerprint density at radius 3 is 2.58 bits per heavy atom. The van der Waals surface area contributed by atoms with Gasteiger partial charge in [0.05, 0.1) is 36.9 Å². The number of hydrogen-bond donors (Lipinski definition) is 1. The predicted molar refractivity (Wildman–Crippen MR) is 133 cm³/mol. The normalized spacial score (nSPS) is 12.1. The van der Waals surface area contributed by atoms with E-state index in [0.717, 1.165) is 5.56 Å². The van der Waals surface area contributed by atoms with E-state index in [4.69, 9.17) is 21.1 Å². The van der Waals surface area contributed by atoms with Gasteiger partial charge in [-0.05, 0) is 49.2 Å². The Balaban J connectivity index is 1.80. The monoisotopic (exact) mass is 489 g/mol. The molecule has 1 unspecified atom stereocenters. The quantitative estimate of drug-likeness (QED) is 0.347. The average molecular weight is 490 g/mol. The number of methoxy groups -OCH3 is 2. The molecule has 1 atom stereocenters. The van der Waals surface area contributed by atoms with Gasteiger partial charge >= 0.3 is 0 Å². The summed E-state index contributed by atoms with van der Waals surface area (Å²) in [6.07, 6.45) is 0. The highest BCUT2D eigenvalue weighted by Gasteiger charge is 2.18. The standard InChI is InChI=1S/C24H28ClN3O4S/c1-14(2)12-28-23(30)19-10-16(25)6-8-20(19)27-24(28)33-13-22(29)26-15(3)18-11-17(31-4)7-9-21(18)32-5/h6-11,14-15H,12-13H2,1-5H3,(H,26,29). The van der Waals surface area contributed by atoms with Gasteiger partial charge in [0.15, 0.2) is 5.16 Å². The zero-order valence-corrected chi connectivity index (χ0v) is 20.9. The summed E-state index contributed by atoms with van der Waals surface area (Å²) in [5.41, 5.74) is 1.21. The molecule has 0 saturated carbocycles. The Hall–Kier alpha value is -2.71. The molecule has 9 heteroatoms. The molecule has 1 amide bonds. The third-order valence-electron chi connectivity index (χ3n) is 5.04. The molecule has 3 aromatic rings. The molecule has 1 heterocycles. The van der Waals surface area contributed by atoms with Crippen molar-refractivity contribution in [3.05, 3.63) is 57.3 Å². The van der Waals surface area contributed by atoms with Crippen LogP contribution in [-0.4, -0.2) is 35.4 Å². The van der Waals surface area contributed by atoms with E-state index in [2.05, 4.69) is 10.3 Å². The van der Waals surface area contributed by atoms with Crippen LogP contribution < -0.4 is 20.3 Å². The summed E-state index contributed by atoms with van der Waals surface area (Å²) in [4.78, 5) is 30.5. The number of hydrogen-bond acceptors (Lipinski definition) is 6. The van der Waals surface area contributed by atoms with Crippen LogP contribution in [-0.2, 0) is 11.3 Å². The van der Waals surface area contributed by atoms with E-state index in [1.807, 2.05) is 26.8 Å². The van der Waals surface area contributed by atoms with Crippen LogP contribution in [0.25, 0.3) is 10.9 Å². The van der Waals surface area contributed by atoms with Gasteiger partial charge in [0.25, 0.3) is 5.56 Å². The van der Waals surface area contributed by atoms with Gasteiger partial charge in [0.2, 0.25) is 5.91 Å². The first kappa shape index (κ1) is 24.9. The van der Waals surface area contributed by atoms with Gasteiger partial charge in [-0.1, -0.05) is 37.2 Å². The first-order valence-electron chi connectivity index (χ1n) is 10.6. The highest BCUT2D eigenvalue weighted by Crippen LogP contribution is 2.29. The lowest BCUT2D eigenvalue weighted by molar-refractivity contribution is -0.119. The molecule has 0 radical (unpaired) electrons. The molecule has 7 nitrogen and oxygen atoms in total. The molecule has 0 aliphatic heterocycles. The number of ether oxygens (including phenoxy) is 2. The first-order valence-corrected chi connectivity index (χ1v) is 11.9. The van der Waals surface area contributed by atoms with E-state index < -0.39 is 0 Å².